The Labute approximate surface area is 79.0 Å². The minimum absolute atomic E-state index is 0.0330. The monoisotopic (exact) mass is 177 g/mol. The minimum atomic E-state index is 0.0330. The highest BCUT2D eigenvalue weighted by atomic mass is 16.1. The Morgan fingerprint density at radius 1 is 1.46 bits per heavy atom. The molecule has 13 heavy (non-hydrogen) atoms. The second-order valence-corrected chi connectivity index (χ2v) is 3.67. The Morgan fingerprint density at radius 2 is 2.15 bits per heavy atom. The minimum Gasteiger partial charge on any atom is -0.293 e. The number of nitrogens with zero attached hydrogens (tertiary/aromatic N) is 1. The molecule has 2 heteroatoms. The summed E-state index contributed by atoms with van der Waals surface area (Å²) in [5.41, 5.74) is 1.57. The summed E-state index contributed by atoms with van der Waals surface area (Å²) in [6.45, 7) is 5.83. The lowest BCUT2D eigenvalue weighted by molar-refractivity contribution is 0.101. The molecule has 0 saturated heterocycles. The Balaban J connectivity index is 2.85. The first kappa shape index (κ1) is 9.90. The van der Waals surface area contributed by atoms with Crippen LogP contribution >= 0.6 is 0 Å². The van der Waals surface area contributed by atoms with Gasteiger partial charge in [-0.1, -0.05) is 19.9 Å². The largest absolute Gasteiger partial charge is 0.293 e. The van der Waals surface area contributed by atoms with E-state index in [9.17, 15) is 4.79 Å². The molecule has 70 valence electrons. The van der Waals surface area contributed by atoms with E-state index in [0.717, 1.165) is 12.1 Å². The summed E-state index contributed by atoms with van der Waals surface area (Å²) >= 11 is 0. The Morgan fingerprint density at radius 3 is 2.69 bits per heavy atom. The standard InChI is InChI=1S/C11H15NO/c1-8(2)7-10-5-4-6-11(12-10)9(3)13/h4-6,8H,7H2,1-3H3. The van der Waals surface area contributed by atoms with Gasteiger partial charge in [0.05, 0.1) is 0 Å². The summed E-state index contributed by atoms with van der Waals surface area (Å²) in [7, 11) is 0. The summed E-state index contributed by atoms with van der Waals surface area (Å²) < 4.78 is 0. The van der Waals surface area contributed by atoms with Crippen LogP contribution in [-0.4, -0.2) is 10.8 Å². The van der Waals surface area contributed by atoms with Gasteiger partial charge >= 0.3 is 0 Å². The molecule has 1 rings (SSSR count). The van der Waals surface area contributed by atoms with Gasteiger partial charge in [0.15, 0.2) is 5.78 Å². The fourth-order valence-corrected chi connectivity index (χ4v) is 1.21. The lowest BCUT2D eigenvalue weighted by atomic mass is 10.1. The van der Waals surface area contributed by atoms with Crippen LogP contribution in [0, 0.1) is 5.92 Å². The van der Waals surface area contributed by atoms with E-state index in [1.807, 2.05) is 12.1 Å². The molecule has 1 heterocycles. The third kappa shape index (κ3) is 2.98. The Bertz CT molecular complexity index is 305. The van der Waals surface area contributed by atoms with Crippen molar-refractivity contribution in [3.63, 3.8) is 0 Å². The van der Waals surface area contributed by atoms with Crippen LogP contribution in [0.2, 0.25) is 0 Å². The second-order valence-electron chi connectivity index (χ2n) is 3.67. The molecule has 0 radical (unpaired) electrons. The van der Waals surface area contributed by atoms with Gasteiger partial charge in [0, 0.05) is 12.6 Å². The van der Waals surface area contributed by atoms with Crippen molar-refractivity contribution < 1.29 is 4.79 Å². The molecule has 0 aromatic carbocycles. The van der Waals surface area contributed by atoms with Crippen LogP contribution in [0.3, 0.4) is 0 Å². The molecular formula is C11H15NO. The van der Waals surface area contributed by atoms with Crippen molar-refractivity contribution in [2.24, 2.45) is 5.92 Å². The SMILES string of the molecule is CC(=O)c1cccc(CC(C)C)n1. The van der Waals surface area contributed by atoms with Crippen molar-refractivity contribution in [3.8, 4) is 0 Å². The lowest BCUT2D eigenvalue weighted by Crippen LogP contribution is -2.02. The van der Waals surface area contributed by atoms with Crippen LogP contribution in [-0.2, 0) is 6.42 Å². The van der Waals surface area contributed by atoms with Crippen LogP contribution in [0.4, 0.5) is 0 Å². The second kappa shape index (κ2) is 4.17. The number of carbonyl (C=O) groups excluding carboxylic acids is 1. The highest BCUT2D eigenvalue weighted by molar-refractivity contribution is 5.92. The van der Waals surface area contributed by atoms with Crippen molar-refractivity contribution >= 4 is 5.78 Å². The van der Waals surface area contributed by atoms with Crippen LogP contribution in [0.5, 0.6) is 0 Å². The molecule has 1 aromatic heterocycles. The lowest BCUT2D eigenvalue weighted by Gasteiger charge is -2.04. The number of hydrogen-bond donors (Lipinski definition) is 0. The number of carbonyl (C=O) groups is 1. The van der Waals surface area contributed by atoms with Gasteiger partial charge in [-0.25, -0.2) is 4.98 Å². The normalized spacial score (nSPS) is 10.5. The summed E-state index contributed by atoms with van der Waals surface area (Å²) in [5.74, 6) is 0.611. The van der Waals surface area contributed by atoms with Crippen LogP contribution in [0.15, 0.2) is 18.2 Å². The zero-order chi connectivity index (χ0) is 9.84. The Hall–Kier alpha value is -1.18. The summed E-state index contributed by atoms with van der Waals surface area (Å²) in [5, 5.41) is 0. The molecule has 0 spiro atoms. The number of Topliss-reactive ketones (excluding diaryl/α,β-unsaturated/α-hetero) is 1. The van der Waals surface area contributed by atoms with E-state index in [1.165, 1.54) is 0 Å². The van der Waals surface area contributed by atoms with E-state index in [2.05, 4.69) is 18.8 Å². The van der Waals surface area contributed by atoms with Crippen LogP contribution < -0.4 is 0 Å². The molecule has 0 fully saturated rings. The molecule has 0 atom stereocenters. The van der Waals surface area contributed by atoms with Gasteiger partial charge in [0.1, 0.15) is 5.69 Å². The van der Waals surface area contributed by atoms with Crippen molar-refractivity contribution in [3.05, 3.63) is 29.6 Å². The number of rotatable bonds is 3. The zero-order valence-electron chi connectivity index (χ0n) is 8.37. The van der Waals surface area contributed by atoms with E-state index in [1.54, 1.807) is 13.0 Å². The number of hydrogen-bond acceptors (Lipinski definition) is 2. The zero-order valence-corrected chi connectivity index (χ0v) is 8.37. The molecule has 0 saturated carbocycles. The van der Waals surface area contributed by atoms with Crippen molar-refractivity contribution in [2.75, 3.05) is 0 Å². The molecule has 0 N–H and O–H groups in total. The first-order chi connectivity index (χ1) is 6.09. The molecular weight excluding hydrogens is 162 g/mol. The van der Waals surface area contributed by atoms with Crippen molar-refractivity contribution in [2.45, 2.75) is 27.2 Å². The number of aromatic nitrogens is 1. The number of ketones is 1. The van der Waals surface area contributed by atoms with E-state index in [4.69, 9.17) is 0 Å². The average Bonchev–Trinajstić information content (AvgIpc) is 2.03. The van der Waals surface area contributed by atoms with E-state index >= 15 is 0 Å². The molecule has 0 aliphatic heterocycles. The van der Waals surface area contributed by atoms with E-state index < -0.39 is 0 Å². The molecule has 0 bridgehead atoms. The van der Waals surface area contributed by atoms with E-state index in [-0.39, 0.29) is 5.78 Å². The van der Waals surface area contributed by atoms with Gasteiger partial charge in [0.2, 0.25) is 0 Å². The fourth-order valence-electron chi connectivity index (χ4n) is 1.21. The average molecular weight is 177 g/mol. The smallest absolute Gasteiger partial charge is 0.178 e. The predicted molar refractivity (Wildman–Crippen MR) is 52.8 cm³/mol. The van der Waals surface area contributed by atoms with Crippen molar-refractivity contribution in [1.82, 2.24) is 4.98 Å². The highest BCUT2D eigenvalue weighted by Gasteiger charge is 2.03. The summed E-state index contributed by atoms with van der Waals surface area (Å²) in [6.07, 6.45) is 0.932. The van der Waals surface area contributed by atoms with E-state index in [0.29, 0.717) is 11.6 Å². The topological polar surface area (TPSA) is 30.0 Å². The fraction of sp³-hybridized carbons (Fsp3) is 0.455. The van der Waals surface area contributed by atoms with Crippen molar-refractivity contribution in [1.29, 1.82) is 0 Å². The third-order valence-corrected chi connectivity index (χ3v) is 1.78. The maximum atomic E-state index is 11.0. The molecule has 1 aromatic rings. The van der Waals surface area contributed by atoms with Crippen LogP contribution in [0.25, 0.3) is 0 Å². The molecule has 2 nitrogen and oxygen atoms in total. The van der Waals surface area contributed by atoms with Gasteiger partial charge in [-0.2, -0.15) is 0 Å². The quantitative estimate of drug-likeness (QED) is 0.664. The molecule has 0 amide bonds. The third-order valence-electron chi connectivity index (χ3n) is 1.78. The highest BCUT2D eigenvalue weighted by Crippen LogP contribution is 2.06. The number of pyridine rings is 1. The first-order valence-corrected chi connectivity index (χ1v) is 4.56. The summed E-state index contributed by atoms with van der Waals surface area (Å²) in [6, 6.07) is 5.61. The van der Waals surface area contributed by atoms with Gasteiger partial charge in [-0.05, 0) is 24.5 Å². The first-order valence-electron chi connectivity index (χ1n) is 4.56. The van der Waals surface area contributed by atoms with Gasteiger partial charge < -0.3 is 0 Å². The molecule has 0 aliphatic carbocycles. The molecule has 0 unspecified atom stereocenters. The maximum Gasteiger partial charge on any atom is 0.178 e. The van der Waals surface area contributed by atoms with Crippen LogP contribution in [0.1, 0.15) is 37.0 Å². The molecule has 0 aliphatic rings. The summed E-state index contributed by atoms with van der Waals surface area (Å²) in [4.78, 5) is 15.3. The maximum absolute atomic E-state index is 11.0. The van der Waals surface area contributed by atoms with Gasteiger partial charge in [-0.15, -0.1) is 0 Å². The predicted octanol–water partition coefficient (Wildman–Crippen LogP) is 2.48. The van der Waals surface area contributed by atoms with Gasteiger partial charge in [-0.3, -0.25) is 4.79 Å². The van der Waals surface area contributed by atoms with Gasteiger partial charge in [0.25, 0.3) is 0 Å². The Kier molecular flexibility index (Phi) is 3.18.